The topological polar surface area (TPSA) is 55.1 Å². The van der Waals surface area contributed by atoms with Gasteiger partial charge in [0.1, 0.15) is 0 Å². The number of benzene rings is 1. The molecule has 1 aliphatic carbocycles. The minimum atomic E-state index is -0.684. The van der Waals surface area contributed by atoms with Crippen LogP contribution in [0.25, 0.3) is 0 Å². The van der Waals surface area contributed by atoms with E-state index in [1.54, 1.807) is 0 Å². The van der Waals surface area contributed by atoms with E-state index in [0.29, 0.717) is 0 Å². The van der Waals surface area contributed by atoms with Gasteiger partial charge in [-0.3, -0.25) is 4.79 Å². The minimum absolute atomic E-state index is 0.0378. The van der Waals surface area contributed by atoms with Gasteiger partial charge < -0.3 is 11.1 Å². The quantitative estimate of drug-likeness (QED) is 0.892. The standard InChI is InChI=1S/C15H21BrN2O/c1-2-11-10-12(16)6-7-13(11)18-14(19)15(17)8-4-3-5-9-15/h6-7,10H,2-5,8-9,17H2,1H3,(H,18,19). The number of nitrogens with two attached hydrogens (primary N) is 1. The van der Waals surface area contributed by atoms with E-state index in [1.165, 1.54) is 6.42 Å². The number of carbonyl (C=O) groups is 1. The maximum atomic E-state index is 12.4. The Morgan fingerprint density at radius 1 is 1.37 bits per heavy atom. The van der Waals surface area contributed by atoms with Crippen molar-refractivity contribution in [2.75, 3.05) is 5.32 Å². The fourth-order valence-electron chi connectivity index (χ4n) is 2.63. The van der Waals surface area contributed by atoms with Crippen LogP contribution < -0.4 is 11.1 Å². The maximum Gasteiger partial charge on any atom is 0.244 e. The molecule has 1 aliphatic rings. The zero-order valence-electron chi connectivity index (χ0n) is 11.3. The van der Waals surface area contributed by atoms with E-state index in [0.717, 1.165) is 47.8 Å². The third-order valence-corrected chi connectivity index (χ3v) is 4.39. The average Bonchev–Trinajstić information content (AvgIpc) is 2.41. The van der Waals surface area contributed by atoms with Crippen LogP contribution in [0.15, 0.2) is 22.7 Å². The third kappa shape index (κ3) is 3.37. The Morgan fingerprint density at radius 3 is 2.68 bits per heavy atom. The van der Waals surface area contributed by atoms with Crippen LogP contribution in [-0.4, -0.2) is 11.4 Å². The number of hydrogen-bond donors (Lipinski definition) is 2. The van der Waals surface area contributed by atoms with Gasteiger partial charge in [-0.25, -0.2) is 0 Å². The number of amides is 1. The Labute approximate surface area is 123 Å². The van der Waals surface area contributed by atoms with Crippen LogP contribution in [0.2, 0.25) is 0 Å². The number of rotatable bonds is 3. The van der Waals surface area contributed by atoms with Crippen molar-refractivity contribution in [3.05, 3.63) is 28.2 Å². The SMILES string of the molecule is CCc1cc(Br)ccc1NC(=O)C1(N)CCCCC1. The van der Waals surface area contributed by atoms with Crippen molar-refractivity contribution in [2.45, 2.75) is 51.0 Å². The molecular formula is C15H21BrN2O. The molecule has 0 spiro atoms. The highest BCUT2D eigenvalue weighted by Crippen LogP contribution is 2.28. The summed E-state index contributed by atoms with van der Waals surface area (Å²) in [5.74, 6) is -0.0378. The second-order valence-corrected chi connectivity index (χ2v) is 6.24. The van der Waals surface area contributed by atoms with Gasteiger partial charge in [-0.15, -0.1) is 0 Å². The molecule has 0 aromatic heterocycles. The van der Waals surface area contributed by atoms with Crippen LogP contribution >= 0.6 is 15.9 Å². The number of nitrogens with one attached hydrogen (secondary N) is 1. The predicted octanol–water partition coefficient (Wildman–Crippen LogP) is 3.61. The Morgan fingerprint density at radius 2 is 2.05 bits per heavy atom. The van der Waals surface area contributed by atoms with Crippen LogP contribution in [0.5, 0.6) is 0 Å². The molecule has 1 fully saturated rings. The first-order valence-corrected chi connectivity index (χ1v) is 7.73. The normalized spacial score (nSPS) is 18.1. The summed E-state index contributed by atoms with van der Waals surface area (Å²) in [7, 11) is 0. The zero-order chi connectivity index (χ0) is 13.9. The first-order valence-electron chi connectivity index (χ1n) is 6.94. The van der Waals surface area contributed by atoms with Gasteiger partial charge in [0.2, 0.25) is 5.91 Å². The van der Waals surface area contributed by atoms with Crippen LogP contribution in [-0.2, 0) is 11.2 Å². The van der Waals surface area contributed by atoms with Crippen molar-refractivity contribution in [3.63, 3.8) is 0 Å². The fraction of sp³-hybridized carbons (Fsp3) is 0.533. The van der Waals surface area contributed by atoms with Crippen molar-refractivity contribution in [2.24, 2.45) is 5.73 Å². The molecule has 1 amide bonds. The molecule has 1 aromatic carbocycles. The van der Waals surface area contributed by atoms with Gasteiger partial charge >= 0.3 is 0 Å². The van der Waals surface area contributed by atoms with Gasteiger partial charge in [-0.05, 0) is 43.0 Å². The molecule has 0 saturated heterocycles. The number of halogens is 1. The Kier molecular flexibility index (Phi) is 4.63. The number of anilines is 1. The molecule has 0 heterocycles. The monoisotopic (exact) mass is 324 g/mol. The van der Waals surface area contributed by atoms with E-state index in [9.17, 15) is 4.79 Å². The predicted molar refractivity (Wildman–Crippen MR) is 82.2 cm³/mol. The molecule has 0 unspecified atom stereocenters. The van der Waals surface area contributed by atoms with E-state index >= 15 is 0 Å². The second-order valence-electron chi connectivity index (χ2n) is 5.33. The third-order valence-electron chi connectivity index (χ3n) is 3.89. The summed E-state index contributed by atoms with van der Waals surface area (Å²) < 4.78 is 1.03. The van der Waals surface area contributed by atoms with Crippen LogP contribution in [0.4, 0.5) is 5.69 Å². The molecule has 4 heteroatoms. The van der Waals surface area contributed by atoms with Crippen LogP contribution in [0.3, 0.4) is 0 Å². The highest BCUT2D eigenvalue weighted by molar-refractivity contribution is 9.10. The minimum Gasteiger partial charge on any atom is -0.324 e. The van der Waals surface area contributed by atoms with Gasteiger partial charge in [0, 0.05) is 10.2 Å². The molecule has 0 atom stereocenters. The van der Waals surface area contributed by atoms with Crippen molar-refractivity contribution in [3.8, 4) is 0 Å². The first-order chi connectivity index (χ1) is 9.05. The summed E-state index contributed by atoms with van der Waals surface area (Å²) >= 11 is 3.45. The molecule has 3 N–H and O–H groups in total. The zero-order valence-corrected chi connectivity index (χ0v) is 12.9. The Hall–Kier alpha value is -0.870. The molecular weight excluding hydrogens is 304 g/mol. The number of aryl methyl sites for hydroxylation is 1. The van der Waals surface area contributed by atoms with E-state index in [1.807, 2.05) is 18.2 Å². The molecule has 0 aliphatic heterocycles. The second kappa shape index (κ2) is 6.06. The van der Waals surface area contributed by atoms with E-state index in [2.05, 4.69) is 28.2 Å². The van der Waals surface area contributed by atoms with E-state index in [4.69, 9.17) is 5.73 Å². The molecule has 0 bridgehead atoms. The average molecular weight is 325 g/mol. The Balaban J connectivity index is 2.14. The first kappa shape index (κ1) is 14.5. The number of hydrogen-bond acceptors (Lipinski definition) is 2. The van der Waals surface area contributed by atoms with E-state index in [-0.39, 0.29) is 5.91 Å². The molecule has 3 nitrogen and oxygen atoms in total. The summed E-state index contributed by atoms with van der Waals surface area (Å²) in [6.07, 6.45) is 5.74. The lowest BCUT2D eigenvalue weighted by atomic mass is 9.82. The summed E-state index contributed by atoms with van der Waals surface area (Å²) in [5, 5.41) is 3.01. The van der Waals surface area contributed by atoms with Gasteiger partial charge in [-0.1, -0.05) is 42.1 Å². The van der Waals surface area contributed by atoms with Crippen molar-refractivity contribution < 1.29 is 4.79 Å². The van der Waals surface area contributed by atoms with Crippen molar-refractivity contribution >= 4 is 27.5 Å². The van der Waals surface area contributed by atoms with Gasteiger partial charge in [0.15, 0.2) is 0 Å². The molecule has 0 radical (unpaired) electrons. The number of carbonyl (C=O) groups excluding carboxylic acids is 1. The highest BCUT2D eigenvalue weighted by atomic mass is 79.9. The molecule has 2 rings (SSSR count). The summed E-state index contributed by atoms with van der Waals surface area (Å²) in [4.78, 5) is 12.4. The summed E-state index contributed by atoms with van der Waals surface area (Å²) in [5.41, 5.74) is 7.57. The van der Waals surface area contributed by atoms with Gasteiger partial charge in [0.25, 0.3) is 0 Å². The molecule has 1 saturated carbocycles. The maximum absolute atomic E-state index is 12.4. The molecule has 19 heavy (non-hydrogen) atoms. The lowest BCUT2D eigenvalue weighted by Crippen LogP contribution is -2.52. The molecule has 1 aromatic rings. The largest absolute Gasteiger partial charge is 0.324 e. The van der Waals surface area contributed by atoms with E-state index < -0.39 is 5.54 Å². The smallest absolute Gasteiger partial charge is 0.244 e. The van der Waals surface area contributed by atoms with Gasteiger partial charge in [-0.2, -0.15) is 0 Å². The van der Waals surface area contributed by atoms with Gasteiger partial charge in [0.05, 0.1) is 5.54 Å². The van der Waals surface area contributed by atoms with Crippen molar-refractivity contribution in [1.82, 2.24) is 0 Å². The summed E-state index contributed by atoms with van der Waals surface area (Å²) in [6.45, 7) is 2.08. The lowest BCUT2D eigenvalue weighted by Gasteiger charge is -2.32. The fourth-order valence-corrected chi connectivity index (χ4v) is 3.04. The summed E-state index contributed by atoms with van der Waals surface area (Å²) in [6, 6.07) is 5.92. The Bertz CT molecular complexity index is 467. The van der Waals surface area contributed by atoms with Crippen LogP contribution in [0, 0.1) is 0 Å². The van der Waals surface area contributed by atoms with Crippen molar-refractivity contribution in [1.29, 1.82) is 0 Å². The highest BCUT2D eigenvalue weighted by Gasteiger charge is 2.35. The lowest BCUT2D eigenvalue weighted by molar-refractivity contribution is -0.122. The van der Waals surface area contributed by atoms with Crippen LogP contribution in [0.1, 0.15) is 44.6 Å². The molecule has 104 valence electrons.